The molecule has 0 atom stereocenters. The molecule has 1 rings (SSSR count). The summed E-state index contributed by atoms with van der Waals surface area (Å²) in [7, 11) is -3.44. The fraction of sp³-hybridized carbons (Fsp3) is 0.412. The minimum atomic E-state index is -3.44. The highest BCUT2D eigenvalue weighted by atomic mass is 32.2. The van der Waals surface area contributed by atoms with Gasteiger partial charge in [0.1, 0.15) is 0 Å². The van der Waals surface area contributed by atoms with Crippen molar-refractivity contribution in [2.45, 2.75) is 44.4 Å². The van der Waals surface area contributed by atoms with Gasteiger partial charge >= 0.3 is 0 Å². The maximum atomic E-state index is 12.0. The molecule has 21 heavy (non-hydrogen) atoms. The fourth-order valence-electron chi connectivity index (χ4n) is 1.53. The number of hydrogen-bond donors (Lipinski definition) is 1. The monoisotopic (exact) mass is 303 g/mol. The lowest BCUT2D eigenvalue weighted by Gasteiger charge is -2.05. The lowest BCUT2D eigenvalue weighted by atomic mass is 10.2. The van der Waals surface area contributed by atoms with Gasteiger partial charge in [-0.3, -0.25) is 0 Å². The lowest BCUT2D eigenvalue weighted by Crippen LogP contribution is -2.24. The van der Waals surface area contributed by atoms with Crippen LogP contribution in [0, 0.1) is 30.6 Å². The molecule has 0 amide bonds. The Morgan fingerprint density at radius 2 is 1.67 bits per heavy atom. The van der Waals surface area contributed by atoms with Gasteiger partial charge in [-0.25, -0.2) is 13.1 Å². The van der Waals surface area contributed by atoms with Crippen LogP contribution in [0.15, 0.2) is 29.2 Å². The van der Waals surface area contributed by atoms with E-state index in [1.54, 1.807) is 24.3 Å². The smallest absolute Gasteiger partial charge is 0.210 e. The van der Waals surface area contributed by atoms with E-state index >= 15 is 0 Å². The maximum Gasteiger partial charge on any atom is 0.240 e. The van der Waals surface area contributed by atoms with Crippen LogP contribution in [0.3, 0.4) is 0 Å². The van der Waals surface area contributed by atoms with Gasteiger partial charge in [-0.15, -0.1) is 0 Å². The highest BCUT2D eigenvalue weighted by Crippen LogP contribution is 2.09. The van der Waals surface area contributed by atoms with E-state index < -0.39 is 10.0 Å². The maximum absolute atomic E-state index is 12.0. The van der Waals surface area contributed by atoms with Gasteiger partial charge in [0.05, 0.1) is 4.90 Å². The second-order valence-corrected chi connectivity index (χ2v) is 6.43. The Morgan fingerprint density at radius 1 is 1.05 bits per heavy atom. The molecule has 0 aliphatic heterocycles. The van der Waals surface area contributed by atoms with E-state index in [1.807, 2.05) is 6.92 Å². The van der Waals surface area contributed by atoms with Crippen molar-refractivity contribution in [2.75, 3.05) is 6.54 Å². The largest absolute Gasteiger partial charge is 0.240 e. The first-order valence-corrected chi connectivity index (χ1v) is 8.56. The molecule has 4 heteroatoms. The number of aryl methyl sites for hydroxylation is 1. The summed E-state index contributed by atoms with van der Waals surface area (Å²) < 4.78 is 26.5. The summed E-state index contributed by atoms with van der Waals surface area (Å²) in [6, 6.07) is 6.76. The van der Waals surface area contributed by atoms with E-state index in [1.165, 1.54) is 0 Å². The molecule has 0 saturated heterocycles. The Kier molecular flexibility index (Phi) is 7.61. The summed E-state index contributed by atoms with van der Waals surface area (Å²) in [5, 5.41) is 0. The zero-order valence-corrected chi connectivity index (χ0v) is 13.4. The van der Waals surface area contributed by atoms with Gasteiger partial charge in [-0.1, -0.05) is 42.9 Å². The molecule has 0 unspecified atom stereocenters. The van der Waals surface area contributed by atoms with Crippen molar-refractivity contribution in [3.05, 3.63) is 29.8 Å². The van der Waals surface area contributed by atoms with Crippen LogP contribution < -0.4 is 4.72 Å². The quantitative estimate of drug-likeness (QED) is 0.649. The Bertz CT molecular complexity index is 653. The molecule has 0 saturated carbocycles. The normalized spacial score (nSPS) is 10.2. The van der Waals surface area contributed by atoms with Crippen LogP contribution in [0.5, 0.6) is 0 Å². The van der Waals surface area contributed by atoms with Crippen molar-refractivity contribution in [1.82, 2.24) is 4.72 Å². The summed E-state index contributed by atoms with van der Waals surface area (Å²) in [5.74, 6) is 11.3. The molecule has 3 nitrogen and oxygen atoms in total. The van der Waals surface area contributed by atoms with Gasteiger partial charge in [0.15, 0.2) is 0 Å². The summed E-state index contributed by atoms with van der Waals surface area (Å²) in [4.78, 5) is 0.278. The van der Waals surface area contributed by atoms with Crippen LogP contribution in [0.2, 0.25) is 0 Å². The summed E-state index contributed by atoms with van der Waals surface area (Å²) in [6.45, 7) is 4.33. The van der Waals surface area contributed by atoms with E-state index in [0.29, 0.717) is 13.0 Å². The number of hydrogen-bond acceptors (Lipinski definition) is 2. The van der Waals surface area contributed by atoms with Crippen molar-refractivity contribution in [2.24, 2.45) is 0 Å². The van der Waals surface area contributed by atoms with Crippen molar-refractivity contribution in [3.63, 3.8) is 0 Å². The second-order valence-electron chi connectivity index (χ2n) is 4.67. The number of unbranched alkanes of at least 4 members (excludes halogenated alkanes) is 2. The lowest BCUT2D eigenvalue weighted by molar-refractivity contribution is 0.582. The molecule has 0 heterocycles. The molecule has 0 spiro atoms. The van der Waals surface area contributed by atoms with Crippen LogP contribution in [-0.2, 0) is 10.0 Å². The van der Waals surface area contributed by atoms with Gasteiger partial charge in [0.25, 0.3) is 0 Å². The van der Waals surface area contributed by atoms with Crippen molar-refractivity contribution < 1.29 is 8.42 Å². The first-order chi connectivity index (χ1) is 10.1. The molecule has 0 fully saturated rings. The molecular formula is C17H21NO2S. The summed E-state index contributed by atoms with van der Waals surface area (Å²) in [6.07, 6.45) is 3.53. The van der Waals surface area contributed by atoms with Gasteiger partial charge in [0.2, 0.25) is 10.0 Å². The zero-order chi connectivity index (χ0) is 15.6. The highest BCUT2D eigenvalue weighted by Gasteiger charge is 2.11. The van der Waals surface area contributed by atoms with E-state index in [-0.39, 0.29) is 4.90 Å². The minimum Gasteiger partial charge on any atom is -0.210 e. The fourth-order valence-corrected chi connectivity index (χ4v) is 2.56. The van der Waals surface area contributed by atoms with Crippen molar-refractivity contribution >= 4 is 10.0 Å². The second kappa shape index (κ2) is 9.23. The number of sulfonamides is 1. The van der Waals surface area contributed by atoms with Crippen LogP contribution in [-0.4, -0.2) is 15.0 Å². The summed E-state index contributed by atoms with van der Waals surface area (Å²) in [5.41, 5.74) is 1.03. The molecule has 1 aromatic rings. The predicted molar refractivity (Wildman–Crippen MR) is 86.1 cm³/mol. The van der Waals surface area contributed by atoms with E-state index in [0.717, 1.165) is 24.8 Å². The summed E-state index contributed by atoms with van der Waals surface area (Å²) >= 11 is 0. The Morgan fingerprint density at radius 3 is 2.29 bits per heavy atom. The molecule has 0 bridgehead atoms. The average molecular weight is 303 g/mol. The Labute approximate surface area is 128 Å². The van der Waals surface area contributed by atoms with Crippen LogP contribution in [0.4, 0.5) is 0 Å². The first kappa shape index (κ1) is 17.3. The van der Waals surface area contributed by atoms with Gasteiger partial charge in [-0.2, -0.15) is 0 Å². The standard InChI is InChI=1S/C17H21NO2S/c1-3-4-5-6-7-8-9-10-15-18-21(19,20)17-13-11-16(2)12-14-17/h11-14,18H,3-5,10,15H2,1-2H3. The zero-order valence-electron chi connectivity index (χ0n) is 12.6. The third-order valence-electron chi connectivity index (χ3n) is 2.77. The molecule has 0 aliphatic carbocycles. The molecule has 1 aromatic carbocycles. The molecule has 1 N–H and O–H groups in total. The first-order valence-electron chi connectivity index (χ1n) is 7.08. The van der Waals surface area contributed by atoms with Crippen LogP contribution >= 0.6 is 0 Å². The van der Waals surface area contributed by atoms with Gasteiger partial charge < -0.3 is 0 Å². The SMILES string of the molecule is CCCCC#CC#CCCNS(=O)(=O)c1ccc(C)cc1. The predicted octanol–water partition coefficient (Wildman–Crippen LogP) is 2.86. The molecular weight excluding hydrogens is 282 g/mol. The number of nitrogens with one attached hydrogen (secondary N) is 1. The van der Waals surface area contributed by atoms with Crippen molar-refractivity contribution in [3.8, 4) is 23.7 Å². The Hall–Kier alpha value is -1.75. The third kappa shape index (κ3) is 6.99. The minimum absolute atomic E-state index is 0.278. The van der Waals surface area contributed by atoms with Gasteiger partial charge in [0, 0.05) is 19.4 Å². The Balaban J connectivity index is 2.39. The number of rotatable bonds is 6. The molecule has 0 aromatic heterocycles. The molecule has 112 valence electrons. The molecule has 0 radical (unpaired) electrons. The van der Waals surface area contributed by atoms with Gasteiger partial charge in [-0.05, 0) is 37.3 Å². The third-order valence-corrected chi connectivity index (χ3v) is 4.24. The average Bonchev–Trinajstić information content (AvgIpc) is 2.46. The van der Waals surface area contributed by atoms with E-state index in [2.05, 4.69) is 35.3 Å². The van der Waals surface area contributed by atoms with E-state index in [9.17, 15) is 8.42 Å². The highest BCUT2D eigenvalue weighted by molar-refractivity contribution is 7.89. The topological polar surface area (TPSA) is 46.2 Å². The van der Waals surface area contributed by atoms with Crippen LogP contribution in [0.25, 0.3) is 0 Å². The van der Waals surface area contributed by atoms with E-state index in [4.69, 9.17) is 0 Å². The van der Waals surface area contributed by atoms with Crippen molar-refractivity contribution in [1.29, 1.82) is 0 Å². The number of benzene rings is 1. The van der Waals surface area contributed by atoms with Crippen LogP contribution in [0.1, 0.15) is 38.2 Å². The molecule has 0 aliphatic rings.